The third-order valence-corrected chi connectivity index (χ3v) is 7.30. The zero-order valence-electron chi connectivity index (χ0n) is 16.6. The van der Waals surface area contributed by atoms with Gasteiger partial charge in [0.25, 0.3) is 0 Å². The maximum Gasteiger partial charge on any atom is 0.0765 e. The molecule has 0 aromatic heterocycles. The van der Waals surface area contributed by atoms with Crippen LogP contribution >= 0.6 is 11.8 Å². The fourth-order valence-corrected chi connectivity index (χ4v) is 5.77. The summed E-state index contributed by atoms with van der Waals surface area (Å²) in [4.78, 5) is 0. The van der Waals surface area contributed by atoms with Gasteiger partial charge in [0.2, 0.25) is 0 Å². The first-order valence-corrected chi connectivity index (χ1v) is 10.8. The van der Waals surface area contributed by atoms with Crippen LogP contribution in [-0.2, 0) is 10.2 Å². The largest absolute Gasteiger partial charge is 0.358 e. The second-order valence-electron chi connectivity index (χ2n) is 8.81. The minimum atomic E-state index is 0.000863. The number of anilines is 1. The van der Waals surface area contributed by atoms with Crippen LogP contribution in [0.3, 0.4) is 0 Å². The molecule has 0 atom stereocenters. The molecule has 0 amide bonds. The average molecular weight is 384 g/mol. The number of thioether (sulfide) groups is 1. The summed E-state index contributed by atoms with van der Waals surface area (Å²) in [6.45, 7) is 6.76. The summed E-state index contributed by atoms with van der Waals surface area (Å²) in [6.07, 6.45) is 0.993. The molecule has 0 fully saturated rings. The number of hydrogen-bond donors (Lipinski definition) is 1. The fraction of sp³-hybridized carbons (Fsp3) is 0.231. The molecule has 0 bridgehead atoms. The zero-order chi connectivity index (χ0) is 19.4. The molecule has 1 spiro atoms. The third-order valence-electron chi connectivity index (χ3n) is 5.91. The summed E-state index contributed by atoms with van der Waals surface area (Å²) in [5, 5.41) is 5.99. The van der Waals surface area contributed by atoms with Gasteiger partial charge in [0, 0.05) is 17.8 Å². The molecule has 0 saturated heterocycles. The average Bonchev–Trinajstić information content (AvgIpc) is 3.23. The maximum atomic E-state index is 3.67. The second kappa shape index (κ2) is 6.28. The van der Waals surface area contributed by atoms with Crippen molar-refractivity contribution in [3.63, 3.8) is 0 Å². The Hall–Kier alpha value is -2.45. The van der Waals surface area contributed by atoms with E-state index in [4.69, 9.17) is 0 Å². The highest BCUT2D eigenvalue weighted by molar-refractivity contribution is 8.03. The first-order valence-electron chi connectivity index (χ1n) is 9.91. The highest BCUT2D eigenvalue weighted by Crippen LogP contribution is 2.61. The summed E-state index contributed by atoms with van der Waals surface area (Å²) >= 11 is 1.95. The summed E-state index contributed by atoms with van der Waals surface area (Å²) < 4.78 is 0.000863. The Kier molecular flexibility index (Phi) is 3.96. The summed E-state index contributed by atoms with van der Waals surface area (Å²) in [7, 11) is 0. The predicted molar refractivity (Wildman–Crippen MR) is 122 cm³/mol. The molecule has 1 aliphatic heterocycles. The molecule has 0 saturated carbocycles. The van der Waals surface area contributed by atoms with Crippen LogP contribution in [0.2, 0.25) is 0 Å². The monoisotopic (exact) mass is 383 g/mol. The van der Waals surface area contributed by atoms with Gasteiger partial charge in [-0.15, -0.1) is 11.8 Å². The van der Waals surface area contributed by atoms with Gasteiger partial charge in [-0.2, -0.15) is 0 Å². The molecule has 5 rings (SSSR count). The van der Waals surface area contributed by atoms with Gasteiger partial charge in [-0.3, -0.25) is 0 Å². The first kappa shape index (κ1) is 17.6. The number of rotatable bonds is 2. The fourth-order valence-electron chi connectivity index (χ4n) is 4.44. The van der Waals surface area contributed by atoms with Crippen LogP contribution in [0.1, 0.15) is 43.9 Å². The Morgan fingerprint density at radius 3 is 1.93 bits per heavy atom. The Bertz CT molecular complexity index is 1020. The lowest BCUT2D eigenvalue weighted by molar-refractivity contribution is 0.590. The van der Waals surface area contributed by atoms with Crippen molar-refractivity contribution in [1.82, 2.24) is 0 Å². The lowest BCUT2D eigenvalue weighted by Gasteiger charge is -2.26. The summed E-state index contributed by atoms with van der Waals surface area (Å²) in [5.74, 6) is 0. The van der Waals surface area contributed by atoms with E-state index in [1.54, 1.807) is 0 Å². The number of allylic oxidation sites excluding steroid dienone is 1. The van der Waals surface area contributed by atoms with Crippen molar-refractivity contribution in [2.24, 2.45) is 0 Å². The molecular weight excluding hydrogens is 358 g/mol. The van der Waals surface area contributed by atoms with E-state index in [9.17, 15) is 0 Å². The highest BCUT2D eigenvalue weighted by atomic mass is 32.2. The standard InChI is InChI=1S/C26H25NS/c1-25(2,3)18-12-14-19(15-13-18)27-20-16-26(28-17-20)23-10-6-4-8-21(23)22-9-5-7-11-24(22)26/h4-15,17,27H,16H2,1-3H3. The van der Waals surface area contributed by atoms with Gasteiger partial charge in [0.05, 0.1) is 4.75 Å². The number of hydrogen-bond acceptors (Lipinski definition) is 2. The number of fused-ring (bicyclic) bond motifs is 5. The minimum Gasteiger partial charge on any atom is -0.358 e. The lowest BCUT2D eigenvalue weighted by atomic mass is 9.87. The van der Waals surface area contributed by atoms with Crippen molar-refractivity contribution in [3.8, 4) is 11.1 Å². The van der Waals surface area contributed by atoms with Crippen molar-refractivity contribution >= 4 is 17.4 Å². The maximum absolute atomic E-state index is 3.67. The van der Waals surface area contributed by atoms with Crippen molar-refractivity contribution in [1.29, 1.82) is 0 Å². The minimum absolute atomic E-state index is 0.000863. The summed E-state index contributed by atoms with van der Waals surface area (Å²) in [6, 6.07) is 26.7. The molecular formula is C26H25NS. The highest BCUT2D eigenvalue weighted by Gasteiger charge is 2.46. The van der Waals surface area contributed by atoms with E-state index in [2.05, 4.69) is 104 Å². The van der Waals surface area contributed by atoms with Crippen LogP contribution in [0.4, 0.5) is 5.69 Å². The van der Waals surface area contributed by atoms with Crippen molar-refractivity contribution in [2.45, 2.75) is 37.4 Å². The molecule has 140 valence electrons. The summed E-state index contributed by atoms with van der Waals surface area (Å²) in [5.41, 5.74) is 9.65. The molecule has 2 heteroatoms. The van der Waals surface area contributed by atoms with Crippen LogP contribution in [0.5, 0.6) is 0 Å². The molecule has 1 N–H and O–H groups in total. The predicted octanol–water partition coefficient (Wildman–Crippen LogP) is 7.30. The van der Waals surface area contributed by atoms with Crippen LogP contribution in [0, 0.1) is 0 Å². The van der Waals surface area contributed by atoms with E-state index < -0.39 is 0 Å². The van der Waals surface area contributed by atoms with Gasteiger partial charge >= 0.3 is 0 Å². The van der Waals surface area contributed by atoms with Crippen LogP contribution in [-0.4, -0.2) is 0 Å². The quantitative estimate of drug-likeness (QED) is 0.498. The van der Waals surface area contributed by atoms with E-state index in [-0.39, 0.29) is 10.2 Å². The van der Waals surface area contributed by atoms with Crippen LogP contribution < -0.4 is 5.32 Å². The zero-order valence-corrected chi connectivity index (χ0v) is 17.4. The second-order valence-corrected chi connectivity index (χ2v) is 9.98. The van der Waals surface area contributed by atoms with Crippen LogP contribution in [0.25, 0.3) is 11.1 Å². The van der Waals surface area contributed by atoms with E-state index >= 15 is 0 Å². The molecule has 1 nitrogen and oxygen atoms in total. The van der Waals surface area contributed by atoms with Crippen molar-refractivity contribution in [3.05, 3.63) is 101 Å². The molecule has 28 heavy (non-hydrogen) atoms. The van der Waals surface area contributed by atoms with Crippen LogP contribution in [0.15, 0.2) is 83.9 Å². The van der Waals surface area contributed by atoms with Gasteiger partial charge < -0.3 is 5.32 Å². The molecule has 3 aromatic rings. The van der Waals surface area contributed by atoms with Gasteiger partial charge in [0.15, 0.2) is 0 Å². The molecule has 3 aromatic carbocycles. The normalized spacial score (nSPS) is 16.6. The van der Waals surface area contributed by atoms with Gasteiger partial charge in [-0.05, 0) is 50.8 Å². The van der Waals surface area contributed by atoms with Crippen molar-refractivity contribution < 1.29 is 0 Å². The Morgan fingerprint density at radius 1 is 0.786 bits per heavy atom. The van der Waals surface area contributed by atoms with E-state index in [1.165, 1.54) is 33.5 Å². The molecule has 0 unspecified atom stereocenters. The Morgan fingerprint density at radius 2 is 1.36 bits per heavy atom. The van der Waals surface area contributed by atoms with Gasteiger partial charge in [-0.25, -0.2) is 0 Å². The van der Waals surface area contributed by atoms with E-state index in [1.807, 2.05) is 11.8 Å². The van der Waals surface area contributed by atoms with Crippen molar-refractivity contribution in [2.75, 3.05) is 5.32 Å². The Balaban J connectivity index is 1.44. The van der Waals surface area contributed by atoms with Gasteiger partial charge in [0.1, 0.15) is 0 Å². The van der Waals surface area contributed by atoms with Gasteiger partial charge in [-0.1, -0.05) is 81.4 Å². The molecule has 0 radical (unpaired) electrons. The molecule has 1 aliphatic carbocycles. The van der Waals surface area contributed by atoms with E-state index in [0.29, 0.717) is 0 Å². The topological polar surface area (TPSA) is 12.0 Å². The first-order chi connectivity index (χ1) is 13.5. The smallest absolute Gasteiger partial charge is 0.0765 e. The lowest BCUT2D eigenvalue weighted by Crippen LogP contribution is -2.19. The number of nitrogens with one attached hydrogen (secondary N) is 1. The molecule has 2 aliphatic rings. The SMILES string of the molecule is CC(C)(C)c1ccc(NC2=CSC3(C2)c2ccccc2-c2ccccc23)cc1. The molecule has 1 heterocycles. The van der Waals surface area contributed by atoms with E-state index in [0.717, 1.165) is 12.1 Å². The Labute approximate surface area is 171 Å². The number of benzene rings is 3. The third kappa shape index (κ3) is 2.70.